The maximum Gasteiger partial charge on any atom is 0.255 e. The standard InChI is InChI=1S/C19H14N4O2/c20-14-7-3-12(4-8-14)18(24)22-15-9-5-13(6-10-15)19-23-17-16(25-19)2-1-11-21-17/h1-11H,20H2,(H,22,24). The summed E-state index contributed by atoms with van der Waals surface area (Å²) in [7, 11) is 0. The number of benzene rings is 2. The second-order valence-corrected chi connectivity index (χ2v) is 5.50. The van der Waals surface area contributed by atoms with Gasteiger partial charge < -0.3 is 15.5 Å². The van der Waals surface area contributed by atoms with Gasteiger partial charge in [0.05, 0.1) is 0 Å². The SMILES string of the molecule is Nc1ccc(C(=O)Nc2ccc(-c3nc4ncccc4o3)cc2)cc1. The molecule has 0 unspecified atom stereocenters. The number of carbonyl (C=O) groups is 1. The maximum absolute atomic E-state index is 12.2. The van der Waals surface area contributed by atoms with Crippen LogP contribution in [-0.2, 0) is 0 Å². The number of nitrogens with two attached hydrogens (primary N) is 1. The first-order chi connectivity index (χ1) is 12.2. The quantitative estimate of drug-likeness (QED) is 0.558. The Morgan fingerprint density at radius 1 is 1.00 bits per heavy atom. The Bertz CT molecular complexity index is 1000. The third kappa shape index (κ3) is 3.05. The molecule has 4 aromatic rings. The molecule has 122 valence electrons. The van der Waals surface area contributed by atoms with Gasteiger partial charge in [-0.05, 0) is 60.7 Å². The van der Waals surface area contributed by atoms with Crippen molar-refractivity contribution in [2.75, 3.05) is 11.1 Å². The number of oxazole rings is 1. The lowest BCUT2D eigenvalue weighted by Crippen LogP contribution is -2.11. The molecule has 0 saturated carbocycles. The Morgan fingerprint density at radius 3 is 2.48 bits per heavy atom. The maximum atomic E-state index is 12.2. The number of hydrogen-bond acceptors (Lipinski definition) is 5. The molecule has 0 aliphatic heterocycles. The average Bonchev–Trinajstić information content (AvgIpc) is 3.07. The number of hydrogen-bond donors (Lipinski definition) is 2. The molecule has 2 aromatic carbocycles. The van der Waals surface area contributed by atoms with Gasteiger partial charge in [0.1, 0.15) is 0 Å². The van der Waals surface area contributed by atoms with Gasteiger partial charge in [-0.3, -0.25) is 4.79 Å². The van der Waals surface area contributed by atoms with Gasteiger partial charge in [0, 0.05) is 28.7 Å². The van der Waals surface area contributed by atoms with Crippen LogP contribution in [-0.4, -0.2) is 15.9 Å². The lowest BCUT2D eigenvalue weighted by atomic mass is 10.1. The molecule has 25 heavy (non-hydrogen) atoms. The molecule has 2 aromatic heterocycles. The summed E-state index contributed by atoms with van der Waals surface area (Å²) in [5.41, 5.74) is 9.49. The molecule has 0 radical (unpaired) electrons. The number of nitrogens with zero attached hydrogens (tertiary/aromatic N) is 2. The fourth-order valence-electron chi connectivity index (χ4n) is 2.43. The highest BCUT2D eigenvalue weighted by Crippen LogP contribution is 2.24. The van der Waals surface area contributed by atoms with E-state index < -0.39 is 0 Å². The van der Waals surface area contributed by atoms with E-state index in [1.165, 1.54) is 0 Å². The van der Waals surface area contributed by atoms with E-state index in [0.717, 1.165) is 5.56 Å². The topological polar surface area (TPSA) is 94.0 Å². The van der Waals surface area contributed by atoms with Gasteiger partial charge in [-0.25, -0.2) is 4.98 Å². The zero-order chi connectivity index (χ0) is 17.2. The molecule has 4 rings (SSSR count). The number of carbonyl (C=O) groups excluding carboxylic acids is 1. The Hall–Kier alpha value is -3.67. The summed E-state index contributed by atoms with van der Waals surface area (Å²) >= 11 is 0. The molecule has 0 atom stereocenters. The molecule has 6 nitrogen and oxygen atoms in total. The van der Waals surface area contributed by atoms with Crippen LogP contribution in [0, 0.1) is 0 Å². The molecule has 2 heterocycles. The summed E-state index contributed by atoms with van der Waals surface area (Å²) in [6, 6.07) is 17.6. The molecule has 6 heteroatoms. The fraction of sp³-hybridized carbons (Fsp3) is 0. The second-order valence-electron chi connectivity index (χ2n) is 5.50. The number of nitrogen functional groups attached to an aromatic ring is 1. The van der Waals surface area contributed by atoms with E-state index >= 15 is 0 Å². The average molecular weight is 330 g/mol. The first-order valence-electron chi connectivity index (χ1n) is 7.68. The van der Waals surface area contributed by atoms with Gasteiger partial charge in [-0.1, -0.05) is 0 Å². The molecule has 0 aliphatic carbocycles. The fourth-order valence-corrected chi connectivity index (χ4v) is 2.43. The predicted octanol–water partition coefficient (Wildman–Crippen LogP) is 3.72. The summed E-state index contributed by atoms with van der Waals surface area (Å²) in [5, 5.41) is 2.84. The van der Waals surface area contributed by atoms with Gasteiger partial charge >= 0.3 is 0 Å². The van der Waals surface area contributed by atoms with E-state index in [9.17, 15) is 4.79 Å². The van der Waals surface area contributed by atoms with E-state index in [2.05, 4.69) is 15.3 Å². The Kier molecular flexibility index (Phi) is 3.63. The van der Waals surface area contributed by atoms with Crippen molar-refractivity contribution in [3.05, 3.63) is 72.4 Å². The van der Waals surface area contributed by atoms with Crippen LogP contribution >= 0.6 is 0 Å². The van der Waals surface area contributed by atoms with Gasteiger partial charge in [-0.2, -0.15) is 4.98 Å². The summed E-state index contributed by atoms with van der Waals surface area (Å²) in [6.07, 6.45) is 1.67. The lowest BCUT2D eigenvalue weighted by molar-refractivity contribution is 0.102. The van der Waals surface area contributed by atoms with Crippen molar-refractivity contribution in [2.45, 2.75) is 0 Å². The molecule has 0 bridgehead atoms. The van der Waals surface area contributed by atoms with Crippen molar-refractivity contribution in [3.8, 4) is 11.5 Å². The van der Waals surface area contributed by atoms with Crippen LogP contribution in [0.1, 0.15) is 10.4 Å². The molecule has 0 saturated heterocycles. The molecule has 1 amide bonds. The normalized spacial score (nSPS) is 10.7. The minimum Gasteiger partial charge on any atom is -0.434 e. The van der Waals surface area contributed by atoms with Crippen molar-refractivity contribution >= 4 is 28.5 Å². The van der Waals surface area contributed by atoms with Crippen molar-refractivity contribution < 1.29 is 9.21 Å². The third-order valence-electron chi connectivity index (χ3n) is 3.73. The van der Waals surface area contributed by atoms with Gasteiger partial charge in [0.15, 0.2) is 11.2 Å². The highest BCUT2D eigenvalue weighted by molar-refractivity contribution is 6.04. The van der Waals surface area contributed by atoms with E-state index in [1.54, 1.807) is 48.7 Å². The number of amides is 1. The molecule has 3 N–H and O–H groups in total. The highest BCUT2D eigenvalue weighted by atomic mass is 16.3. The number of anilines is 2. The molecular formula is C19H14N4O2. The second kappa shape index (κ2) is 6.09. The number of fused-ring (bicyclic) bond motifs is 1. The highest BCUT2D eigenvalue weighted by Gasteiger charge is 2.10. The monoisotopic (exact) mass is 330 g/mol. The molecule has 0 fully saturated rings. The Balaban J connectivity index is 1.53. The summed E-state index contributed by atoms with van der Waals surface area (Å²) in [6.45, 7) is 0. The molecular weight excluding hydrogens is 316 g/mol. The minimum atomic E-state index is -0.196. The van der Waals surface area contributed by atoms with Crippen LogP contribution in [0.4, 0.5) is 11.4 Å². The minimum absolute atomic E-state index is 0.196. The zero-order valence-corrected chi connectivity index (χ0v) is 13.1. The van der Waals surface area contributed by atoms with E-state index in [1.807, 2.05) is 18.2 Å². The number of aromatic nitrogens is 2. The molecule has 0 spiro atoms. The number of nitrogens with one attached hydrogen (secondary N) is 1. The van der Waals surface area contributed by atoms with Crippen molar-refractivity contribution in [1.29, 1.82) is 0 Å². The van der Waals surface area contributed by atoms with Crippen LogP contribution in [0.3, 0.4) is 0 Å². The predicted molar refractivity (Wildman–Crippen MR) is 96.0 cm³/mol. The van der Waals surface area contributed by atoms with Crippen molar-refractivity contribution in [3.63, 3.8) is 0 Å². The van der Waals surface area contributed by atoms with Crippen LogP contribution in [0.15, 0.2) is 71.3 Å². The summed E-state index contributed by atoms with van der Waals surface area (Å²) in [4.78, 5) is 20.7. The van der Waals surface area contributed by atoms with Crippen LogP contribution in [0.2, 0.25) is 0 Å². The van der Waals surface area contributed by atoms with Crippen LogP contribution in [0.25, 0.3) is 22.7 Å². The van der Waals surface area contributed by atoms with Gasteiger partial charge in [0.2, 0.25) is 5.89 Å². The molecule has 0 aliphatic rings. The van der Waals surface area contributed by atoms with Gasteiger partial charge in [0.25, 0.3) is 5.91 Å². The van der Waals surface area contributed by atoms with Crippen molar-refractivity contribution in [1.82, 2.24) is 9.97 Å². The summed E-state index contributed by atoms with van der Waals surface area (Å²) in [5.74, 6) is 0.295. The zero-order valence-electron chi connectivity index (χ0n) is 13.1. The van der Waals surface area contributed by atoms with E-state index in [-0.39, 0.29) is 5.91 Å². The first-order valence-corrected chi connectivity index (χ1v) is 7.68. The van der Waals surface area contributed by atoms with Gasteiger partial charge in [-0.15, -0.1) is 0 Å². The van der Waals surface area contributed by atoms with Crippen molar-refractivity contribution in [2.24, 2.45) is 0 Å². The Labute approximate surface area is 143 Å². The number of pyridine rings is 1. The Morgan fingerprint density at radius 2 is 1.76 bits per heavy atom. The number of rotatable bonds is 3. The smallest absolute Gasteiger partial charge is 0.255 e. The summed E-state index contributed by atoms with van der Waals surface area (Å²) < 4.78 is 5.68. The van der Waals surface area contributed by atoms with Crippen LogP contribution < -0.4 is 11.1 Å². The lowest BCUT2D eigenvalue weighted by Gasteiger charge is -2.06. The third-order valence-corrected chi connectivity index (χ3v) is 3.73. The largest absolute Gasteiger partial charge is 0.434 e. The van der Waals surface area contributed by atoms with E-state index in [4.69, 9.17) is 10.2 Å². The van der Waals surface area contributed by atoms with Crippen LogP contribution in [0.5, 0.6) is 0 Å². The first kappa shape index (κ1) is 14.9. The van der Waals surface area contributed by atoms with E-state index in [0.29, 0.717) is 34.1 Å².